The van der Waals surface area contributed by atoms with E-state index in [1.54, 1.807) is 7.11 Å². The maximum absolute atomic E-state index is 13.2. The summed E-state index contributed by atoms with van der Waals surface area (Å²) in [6.45, 7) is 3.75. The van der Waals surface area contributed by atoms with E-state index in [0.717, 1.165) is 32.4 Å². The van der Waals surface area contributed by atoms with Crippen LogP contribution in [0, 0.1) is 12.8 Å². The second-order valence-corrected chi connectivity index (χ2v) is 10.0. The summed E-state index contributed by atoms with van der Waals surface area (Å²) in [6, 6.07) is 22.1. The van der Waals surface area contributed by atoms with Gasteiger partial charge in [0.05, 0.1) is 17.5 Å². The molecule has 5 rings (SSSR count). The SMILES string of the molecule is COc1cccc(CNC(=O)C2CCN(C(=O)c3ccc(-n4c(C)cc5ccccc54)s3)CC2)c1. The van der Waals surface area contributed by atoms with Gasteiger partial charge in [-0.3, -0.25) is 9.59 Å². The molecule has 0 bridgehead atoms. The van der Waals surface area contributed by atoms with Gasteiger partial charge in [-0.25, -0.2) is 0 Å². The predicted octanol–water partition coefficient (Wildman–Crippen LogP) is 5.18. The number of hydrogen-bond acceptors (Lipinski definition) is 4. The van der Waals surface area contributed by atoms with E-state index < -0.39 is 0 Å². The molecule has 7 heteroatoms. The summed E-state index contributed by atoms with van der Waals surface area (Å²) in [6.07, 6.45) is 1.35. The number of para-hydroxylation sites is 1. The Labute approximate surface area is 209 Å². The molecule has 0 atom stereocenters. The second kappa shape index (κ2) is 9.96. The van der Waals surface area contributed by atoms with Crippen LogP contribution in [0.2, 0.25) is 0 Å². The molecule has 0 spiro atoms. The van der Waals surface area contributed by atoms with E-state index in [0.29, 0.717) is 32.5 Å². The fraction of sp³-hybridized carbons (Fsp3) is 0.286. The summed E-state index contributed by atoms with van der Waals surface area (Å²) in [7, 11) is 1.63. The minimum atomic E-state index is -0.0718. The Hall–Kier alpha value is -3.58. The van der Waals surface area contributed by atoms with Crippen LogP contribution < -0.4 is 10.1 Å². The first-order valence-electron chi connectivity index (χ1n) is 11.9. The largest absolute Gasteiger partial charge is 0.497 e. The molecule has 35 heavy (non-hydrogen) atoms. The van der Waals surface area contributed by atoms with Crippen molar-refractivity contribution in [1.29, 1.82) is 0 Å². The van der Waals surface area contributed by atoms with Gasteiger partial charge in [0.25, 0.3) is 5.91 Å². The van der Waals surface area contributed by atoms with Crippen molar-refractivity contribution in [3.8, 4) is 10.8 Å². The number of ether oxygens (including phenoxy) is 1. The Kier molecular flexibility index (Phi) is 6.59. The zero-order chi connectivity index (χ0) is 24.4. The zero-order valence-corrected chi connectivity index (χ0v) is 20.8. The van der Waals surface area contributed by atoms with Crippen molar-refractivity contribution >= 4 is 34.1 Å². The van der Waals surface area contributed by atoms with E-state index in [1.165, 1.54) is 16.7 Å². The molecule has 1 fully saturated rings. The lowest BCUT2D eigenvalue weighted by atomic mass is 9.95. The smallest absolute Gasteiger partial charge is 0.263 e. The molecule has 1 aliphatic heterocycles. The van der Waals surface area contributed by atoms with Crippen molar-refractivity contribution in [2.75, 3.05) is 20.2 Å². The summed E-state index contributed by atoms with van der Waals surface area (Å²) in [5.74, 6) is 0.803. The third-order valence-electron chi connectivity index (χ3n) is 6.67. The van der Waals surface area contributed by atoms with Gasteiger partial charge in [-0.2, -0.15) is 0 Å². The number of hydrogen-bond donors (Lipinski definition) is 1. The van der Waals surface area contributed by atoms with Gasteiger partial charge in [0.15, 0.2) is 0 Å². The molecule has 3 heterocycles. The standard InChI is InChI=1S/C28H29N3O3S/c1-19-16-22-7-3-4-9-24(22)31(19)26-11-10-25(35-26)28(33)30-14-12-21(13-15-30)27(32)29-18-20-6-5-8-23(17-20)34-2/h3-11,16-17,21H,12-15,18H2,1-2H3,(H,29,32). The van der Waals surface area contributed by atoms with E-state index in [4.69, 9.17) is 4.74 Å². The Balaban J connectivity index is 1.18. The highest BCUT2D eigenvalue weighted by Gasteiger charge is 2.28. The Bertz CT molecular complexity index is 1360. The maximum Gasteiger partial charge on any atom is 0.263 e. The number of rotatable bonds is 6. The van der Waals surface area contributed by atoms with Crippen LogP contribution >= 0.6 is 11.3 Å². The lowest BCUT2D eigenvalue weighted by molar-refractivity contribution is -0.126. The first-order valence-corrected chi connectivity index (χ1v) is 12.7. The molecular weight excluding hydrogens is 458 g/mol. The zero-order valence-electron chi connectivity index (χ0n) is 20.0. The summed E-state index contributed by atoms with van der Waals surface area (Å²) in [4.78, 5) is 28.5. The third-order valence-corrected chi connectivity index (χ3v) is 7.73. The first kappa shape index (κ1) is 23.2. The molecule has 0 radical (unpaired) electrons. The summed E-state index contributed by atoms with van der Waals surface area (Å²) in [5, 5.41) is 5.27. The number of piperidine rings is 1. The van der Waals surface area contributed by atoms with E-state index in [2.05, 4.69) is 35.0 Å². The fourth-order valence-electron chi connectivity index (χ4n) is 4.76. The van der Waals surface area contributed by atoms with Gasteiger partial charge in [0, 0.05) is 36.6 Å². The maximum atomic E-state index is 13.2. The lowest BCUT2D eigenvalue weighted by Gasteiger charge is -2.31. The van der Waals surface area contributed by atoms with Gasteiger partial charge < -0.3 is 19.5 Å². The van der Waals surface area contributed by atoms with Gasteiger partial charge >= 0.3 is 0 Å². The Morgan fingerprint density at radius 3 is 2.63 bits per heavy atom. The van der Waals surface area contributed by atoms with Crippen LogP contribution in [0.5, 0.6) is 5.75 Å². The van der Waals surface area contributed by atoms with Crippen molar-refractivity contribution in [2.24, 2.45) is 5.92 Å². The van der Waals surface area contributed by atoms with Crippen LogP contribution in [0.1, 0.15) is 33.8 Å². The van der Waals surface area contributed by atoms with Gasteiger partial charge in [0.2, 0.25) is 5.91 Å². The molecule has 1 N–H and O–H groups in total. The van der Waals surface area contributed by atoms with Crippen LogP contribution in [0.4, 0.5) is 0 Å². The van der Waals surface area contributed by atoms with Gasteiger partial charge in [0.1, 0.15) is 10.8 Å². The minimum Gasteiger partial charge on any atom is -0.497 e. The number of likely N-dealkylation sites (tertiary alicyclic amines) is 1. The summed E-state index contributed by atoms with van der Waals surface area (Å²) in [5.41, 5.74) is 3.30. The van der Waals surface area contributed by atoms with Crippen molar-refractivity contribution in [2.45, 2.75) is 26.3 Å². The van der Waals surface area contributed by atoms with Gasteiger partial charge in [-0.1, -0.05) is 30.3 Å². The second-order valence-electron chi connectivity index (χ2n) is 8.95. The van der Waals surface area contributed by atoms with E-state index >= 15 is 0 Å². The summed E-state index contributed by atoms with van der Waals surface area (Å²) < 4.78 is 7.45. The molecule has 180 valence electrons. The van der Waals surface area contributed by atoms with Crippen molar-refractivity contribution in [3.05, 3.63) is 82.9 Å². The van der Waals surface area contributed by atoms with Crippen LogP contribution in [0.3, 0.4) is 0 Å². The highest BCUT2D eigenvalue weighted by Crippen LogP contribution is 2.30. The number of fused-ring (bicyclic) bond motifs is 1. The number of benzene rings is 2. The predicted molar refractivity (Wildman–Crippen MR) is 139 cm³/mol. The van der Waals surface area contributed by atoms with Crippen LogP contribution in [-0.4, -0.2) is 41.5 Å². The molecule has 2 amide bonds. The molecule has 6 nitrogen and oxygen atoms in total. The normalized spacial score (nSPS) is 14.3. The number of carbonyl (C=O) groups excluding carboxylic acids is 2. The Morgan fingerprint density at radius 1 is 1.03 bits per heavy atom. The number of amides is 2. The van der Waals surface area contributed by atoms with Crippen LogP contribution in [0.15, 0.2) is 66.7 Å². The lowest BCUT2D eigenvalue weighted by Crippen LogP contribution is -2.42. The number of methoxy groups -OCH3 is 1. The number of nitrogens with zero attached hydrogens (tertiary/aromatic N) is 2. The number of carbonyl (C=O) groups is 2. The highest BCUT2D eigenvalue weighted by molar-refractivity contribution is 7.16. The minimum absolute atomic E-state index is 0.0469. The van der Waals surface area contributed by atoms with Crippen molar-refractivity contribution in [1.82, 2.24) is 14.8 Å². The van der Waals surface area contributed by atoms with Crippen LogP contribution in [-0.2, 0) is 11.3 Å². The number of nitrogens with one attached hydrogen (secondary N) is 1. The quantitative estimate of drug-likeness (QED) is 0.408. The van der Waals surface area contributed by atoms with Gasteiger partial charge in [-0.05, 0) is 61.7 Å². The topological polar surface area (TPSA) is 63.6 Å². The molecule has 1 aliphatic rings. The number of thiophene rings is 1. The first-order chi connectivity index (χ1) is 17.0. The monoisotopic (exact) mass is 487 g/mol. The molecule has 1 saturated heterocycles. The summed E-state index contributed by atoms with van der Waals surface area (Å²) >= 11 is 1.52. The molecule has 0 unspecified atom stereocenters. The fourth-order valence-corrected chi connectivity index (χ4v) is 5.81. The number of aromatic nitrogens is 1. The Morgan fingerprint density at radius 2 is 1.83 bits per heavy atom. The van der Waals surface area contributed by atoms with E-state index in [-0.39, 0.29) is 17.7 Å². The molecule has 0 aliphatic carbocycles. The molecule has 0 saturated carbocycles. The average Bonchev–Trinajstić information content (AvgIpc) is 3.50. The average molecular weight is 488 g/mol. The third kappa shape index (κ3) is 4.82. The number of aryl methyl sites for hydroxylation is 1. The van der Waals surface area contributed by atoms with Crippen molar-refractivity contribution in [3.63, 3.8) is 0 Å². The highest BCUT2D eigenvalue weighted by atomic mass is 32.1. The van der Waals surface area contributed by atoms with E-state index in [9.17, 15) is 9.59 Å². The van der Waals surface area contributed by atoms with Gasteiger partial charge in [-0.15, -0.1) is 11.3 Å². The molecule has 4 aromatic rings. The van der Waals surface area contributed by atoms with Crippen molar-refractivity contribution < 1.29 is 14.3 Å². The molecule has 2 aromatic heterocycles. The molecule has 2 aromatic carbocycles. The van der Waals surface area contributed by atoms with E-state index in [1.807, 2.05) is 53.4 Å². The molecular formula is C28H29N3O3S. The van der Waals surface area contributed by atoms with Crippen LogP contribution in [0.25, 0.3) is 15.9 Å².